The summed E-state index contributed by atoms with van der Waals surface area (Å²) in [7, 11) is 0. The number of likely N-dealkylation sites (tertiary alicyclic amines) is 1. The number of halogens is 3. The van der Waals surface area contributed by atoms with Crippen LogP contribution in [0.4, 0.5) is 0 Å². The van der Waals surface area contributed by atoms with Crippen LogP contribution in [0.1, 0.15) is 37.3 Å². The van der Waals surface area contributed by atoms with Gasteiger partial charge in [-0.25, -0.2) is 0 Å². The van der Waals surface area contributed by atoms with E-state index in [1.165, 1.54) is 0 Å². The average molecular weight is 364 g/mol. The third-order valence-corrected chi connectivity index (χ3v) is 5.27. The maximum Gasteiger partial charge on any atom is 0.223 e. The van der Waals surface area contributed by atoms with E-state index in [0.29, 0.717) is 22.4 Å². The number of nitrogens with one attached hydrogen (secondary N) is 1. The Morgan fingerprint density at radius 1 is 1.27 bits per heavy atom. The first-order chi connectivity index (χ1) is 10.1. The van der Waals surface area contributed by atoms with Gasteiger partial charge in [0.25, 0.3) is 0 Å². The Kier molecular flexibility index (Phi) is 6.39. The van der Waals surface area contributed by atoms with Gasteiger partial charge >= 0.3 is 0 Å². The molecule has 2 aliphatic heterocycles. The first-order valence-electron chi connectivity index (χ1n) is 7.60. The van der Waals surface area contributed by atoms with Crippen LogP contribution in [0.5, 0.6) is 0 Å². The maximum absolute atomic E-state index is 12.6. The molecule has 1 aromatic carbocycles. The first kappa shape index (κ1) is 17.9. The molecule has 3 nitrogen and oxygen atoms in total. The molecule has 1 N–H and O–H groups in total. The highest BCUT2D eigenvalue weighted by molar-refractivity contribution is 6.42. The third kappa shape index (κ3) is 3.88. The summed E-state index contributed by atoms with van der Waals surface area (Å²) >= 11 is 12.1. The van der Waals surface area contributed by atoms with Gasteiger partial charge in [-0.2, -0.15) is 0 Å². The number of hydrogen-bond acceptors (Lipinski definition) is 2. The van der Waals surface area contributed by atoms with Crippen molar-refractivity contribution >= 4 is 41.5 Å². The van der Waals surface area contributed by atoms with Crippen LogP contribution in [0.25, 0.3) is 0 Å². The Morgan fingerprint density at radius 3 is 2.77 bits per heavy atom. The van der Waals surface area contributed by atoms with Crippen molar-refractivity contribution in [2.75, 3.05) is 19.6 Å². The van der Waals surface area contributed by atoms with Crippen molar-refractivity contribution < 1.29 is 4.79 Å². The SMILES string of the molecule is Cl.O=C(CC1CCNC1)N1CCCC1c1ccc(Cl)c(Cl)c1. The molecule has 22 heavy (non-hydrogen) atoms. The summed E-state index contributed by atoms with van der Waals surface area (Å²) in [5, 5.41) is 4.45. The molecule has 0 spiro atoms. The topological polar surface area (TPSA) is 32.3 Å². The molecule has 3 rings (SSSR count). The van der Waals surface area contributed by atoms with Crippen LogP contribution in [0, 0.1) is 5.92 Å². The summed E-state index contributed by atoms with van der Waals surface area (Å²) in [6.07, 6.45) is 3.83. The van der Waals surface area contributed by atoms with Crippen LogP contribution in [-0.2, 0) is 4.79 Å². The second-order valence-electron chi connectivity index (χ2n) is 5.98. The predicted octanol–water partition coefficient (Wildman–Crippen LogP) is 4.08. The van der Waals surface area contributed by atoms with Crippen molar-refractivity contribution in [2.45, 2.75) is 31.7 Å². The van der Waals surface area contributed by atoms with Gasteiger partial charge in [-0.05, 0) is 56.0 Å². The fraction of sp³-hybridized carbons (Fsp3) is 0.562. The molecule has 0 bridgehead atoms. The van der Waals surface area contributed by atoms with Gasteiger partial charge in [0.2, 0.25) is 5.91 Å². The number of amides is 1. The largest absolute Gasteiger partial charge is 0.336 e. The second kappa shape index (κ2) is 7.87. The predicted molar refractivity (Wildman–Crippen MR) is 93.0 cm³/mol. The van der Waals surface area contributed by atoms with Crippen LogP contribution >= 0.6 is 35.6 Å². The molecule has 0 saturated carbocycles. The fourth-order valence-electron chi connectivity index (χ4n) is 3.38. The van der Waals surface area contributed by atoms with E-state index >= 15 is 0 Å². The highest BCUT2D eigenvalue weighted by atomic mass is 35.5. The zero-order chi connectivity index (χ0) is 14.8. The van der Waals surface area contributed by atoms with Crippen molar-refractivity contribution in [1.82, 2.24) is 10.2 Å². The smallest absolute Gasteiger partial charge is 0.223 e. The Labute approximate surface area is 147 Å². The van der Waals surface area contributed by atoms with Crippen LogP contribution in [0.15, 0.2) is 18.2 Å². The second-order valence-corrected chi connectivity index (χ2v) is 6.80. The Balaban J connectivity index is 0.00000176. The van der Waals surface area contributed by atoms with E-state index in [0.717, 1.165) is 44.5 Å². The number of nitrogens with zero attached hydrogens (tertiary/aromatic N) is 1. The lowest BCUT2D eigenvalue weighted by molar-refractivity contribution is -0.133. The highest BCUT2D eigenvalue weighted by Crippen LogP contribution is 2.35. The molecule has 6 heteroatoms. The number of carbonyl (C=O) groups excluding carboxylic acids is 1. The van der Waals surface area contributed by atoms with E-state index in [1.807, 2.05) is 23.1 Å². The van der Waals surface area contributed by atoms with Crippen molar-refractivity contribution in [3.63, 3.8) is 0 Å². The maximum atomic E-state index is 12.6. The van der Waals surface area contributed by atoms with Crippen LogP contribution < -0.4 is 5.32 Å². The van der Waals surface area contributed by atoms with E-state index in [-0.39, 0.29) is 24.4 Å². The monoisotopic (exact) mass is 362 g/mol. The molecule has 2 unspecified atom stereocenters. The van der Waals surface area contributed by atoms with Crippen LogP contribution in [-0.4, -0.2) is 30.4 Å². The summed E-state index contributed by atoms with van der Waals surface area (Å²) in [5.74, 6) is 0.768. The van der Waals surface area contributed by atoms with Crippen LogP contribution in [0.2, 0.25) is 10.0 Å². The molecular formula is C16H21Cl3N2O. The van der Waals surface area contributed by atoms with Crippen molar-refractivity contribution in [3.05, 3.63) is 33.8 Å². The minimum absolute atomic E-state index is 0. The van der Waals surface area contributed by atoms with Crippen molar-refractivity contribution in [2.24, 2.45) is 5.92 Å². The van der Waals surface area contributed by atoms with Gasteiger partial charge in [0.1, 0.15) is 0 Å². The number of hydrogen-bond donors (Lipinski definition) is 1. The van der Waals surface area contributed by atoms with Crippen molar-refractivity contribution in [1.29, 1.82) is 0 Å². The van der Waals surface area contributed by atoms with Gasteiger partial charge in [0, 0.05) is 13.0 Å². The quantitative estimate of drug-likeness (QED) is 0.877. The molecule has 2 fully saturated rings. The normalized spacial score (nSPS) is 24.4. The van der Waals surface area contributed by atoms with E-state index in [1.54, 1.807) is 0 Å². The minimum atomic E-state index is 0. The highest BCUT2D eigenvalue weighted by Gasteiger charge is 2.31. The summed E-state index contributed by atoms with van der Waals surface area (Å²) in [6, 6.07) is 5.86. The van der Waals surface area contributed by atoms with E-state index in [9.17, 15) is 4.79 Å². The Bertz CT molecular complexity index is 532. The van der Waals surface area contributed by atoms with E-state index in [4.69, 9.17) is 23.2 Å². The van der Waals surface area contributed by atoms with Gasteiger partial charge in [0.15, 0.2) is 0 Å². The number of rotatable bonds is 3. The van der Waals surface area contributed by atoms with Gasteiger partial charge in [-0.3, -0.25) is 4.79 Å². The molecule has 122 valence electrons. The molecule has 2 saturated heterocycles. The van der Waals surface area contributed by atoms with Gasteiger partial charge in [0.05, 0.1) is 16.1 Å². The van der Waals surface area contributed by atoms with Crippen molar-refractivity contribution in [3.8, 4) is 0 Å². The van der Waals surface area contributed by atoms with E-state index < -0.39 is 0 Å². The molecule has 0 aliphatic carbocycles. The zero-order valence-electron chi connectivity index (χ0n) is 12.4. The molecule has 2 heterocycles. The van der Waals surface area contributed by atoms with Gasteiger partial charge < -0.3 is 10.2 Å². The molecule has 2 atom stereocenters. The third-order valence-electron chi connectivity index (χ3n) is 4.53. The lowest BCUT2D eigenvalue weighted by Gasteiger charge is -2.26. The summed E-state index contributed by atoms with van der Waals surface area (Å²) < 4.78 is 0. The molecule has 1 amide bonds. The standard InChI is InChI=1S/C16H20Cl2N2O.ClH/c17-13-4-3-12(9-14(13)18)15-2-1-7-20(15)16(21)8-11-5-6-19-10-11;/h3-4,9,11,15,19H,1-2,5-8,10H2;1H. The summed E-state index contributed by atoms with van der Waals surface area (Å²) in [6.45, 7) is 2.86. The fourth-order valence-corrected chi connectivity index (χ4v) is 3.69. The average Bonchev–Trinajstić information content (AvgIpc) is 3.12. The zero-order valence-corrected chi connectivity index (χ0v) is 14.7. The first-order valence-corrected chi connectivity index (χ1v) is 8.36. The molecule has 0 aromatic heterocycles. The molecule has 2 aliphatic rings. The molecule has 1 aromatic rings. The lowest BCUT2D eigenvalue weighted by Crippen LogP contribution is -2.32. The number of benzene rings is 1. The Hall–Kier alpha value is -0.480. The summed E-state index contributed by atoms with van der Waals surface area (Å²) in [5.41, 5.74) is 1.10. The minimum Gasteiger partial charge on any atom is -0.336 e. The molecule has 0 radical (unpaired) electrons. The number of carbonyl (C=O) groups is 1. The molecular weight excluding hydrogens is 343 g/mol. The Morgan fingerprint density at radius 2 is 2.09 bits per heavy atom. The lowest BCUT2D eigenvalue weighted by atomic mass is 10.0. The van der Waals surface area contributed by atoms with E-state index in [2.05, 4.69) is 5.32 Å². The van der Waals surface area contributed by atoms with Gasteiger partial charge in [-0.15, -0.1) is 12.4 Å². The van der Waals surface area contributed by atoms with Crippen LogP contribution in [0.3, 0.4) is 0 Å². The van der Waals surface area contributed by atoms with Gasteiger partial charge in [-0.1, -0.05) is 29.3 Å². The summed E-state index contributed by atoms with van der Waals surface area (Å²) in [4.78, 5) is 14.6.